The second-order valence-electron chi connectivity index (χ2n) is 4.42. The van der Waals surface area contributed by atoms with Gasteiger partial charge < -0.3 is 5.32 Å². The van der Waals surface area contributed by atoms with Crippen LogP contribution in [0.15, 0.2) is 24.7 Å². The Kier molecular flexibility index (Phi) is 3.82. The molecule has 0 spiro atoms. The van der Waals surface area contributed by atoms with Crippen molar-refractivity contribution in [3.05, 3.63) is 41.7 Å². The molecule has 18 heavy (non-hydrogen) atoms. The molecule has 0 aliphatic rings. The minimum Gasteiger partial charge on any atom is -0.351 e. The van der Waals surface area contributed by atoms with Gasteiger partial charge in [0.1, 0.15) is 0 Å². The van der Waals surface area contributed by atoms with E-state index in [0.717, 1.165) is 23.5 Å². The first-order chi connectivity index (χ1) is 8.63. The third-order valence-corrected chi connectivity index (χ3v) is 2.49. The number of nitrogens with one attached hydrogen (secondary N) is 1. The summed E-state index contributed by atoms with van der Waals surface area (Å²) in [4.78, 5) is 17.0. The van der Waals surface area contributed by atoms with Crippen molar-refractivity contribution >= 4 is 5.95 Å². The van der Waals surface area contributed by atoms with Crippen LogP contribution in [0.3, 0.4) is 0 Å². The van der Waals surface area contributed by atoms with Crippen molar-refractivity contribution in [2.24, 2.45) is 0 Å². The fourth-order valence-electron chi connectivity index (χ4n) is 1.81. The zero-order valence-electron chi connectivity index (χ0n) is 10.9. The monoisotopic (exact) mass is 243 g/mol. The van der Waals surface area contributed by atoms with Crippen molar-refractivity contribution in [1.82, 2.24) is 19.9 Å². The molecule has 0 radical (unpaired) electrons. The van der Waals surface area contributed by atoms with E-state index in [1.807, 2.05) is 19.9 Å². The molecule has 2 aromatic rings. The Bertz CT molecular complexity index is 492. The molecular weight excluding hydrogens is 226 g/mol. The number of aryl methyl sites for hydroxylation is 2. The SMILES string of the molecule is Cc1cc(C)nc(N[C@H](C)Cc2cnccn2)n1. The lowest BCUT2D eigenvalue weighted by Crippen LogP contribution is -2.20. The Hall–Kier alpha value is -2.04. The first-order valence-corrected chi connectivity index (χ1v) is 5.97. The van der Waals surface area contributed by atoms with Crippen LogP contribution in [0.1, 0.15) is 24.0 Å². The van der Waals surface area contributed by atoms with Crippen molar-refractivity contribution in [2.45, 2.75) is 33.2 Å². The summed E-state index contributed by atoms with van der Waals surface area (Å²) < 4.78 is 0. The van der Waals surface area contributed by atoms with Gasteiger partial charge in [-0.05, 0) is 26.8 Å². The third-order valence-electron chi connectivity index (χ3n) is 2.49. The van der Waals surface area contributed by atoms with E-state index in [-0.39, 0.29) is 6.04 Å². The number of hydrogen-bond acceptors (Lipinski definition) is 5. The highest BCUT2D eigenvalue weighted by Crippen LogP contribution is 2.07. The molecule has 5 heteroatoms. The minimum atomic E-state index is 0.211. The van der Waals surface area contributed by atoms with E-state index in [1.165, 1.54) is 0 Å². The van der Waals surface area contributed by atoms with Gasteiger partial charge in [-0.15, -0.1) is 0 Å². The topological polar surface area (TPSA) is 63.6 Å². The Morgan fingerprint density at radius 1 is 1.17 bits per heavy atom. The highest BCUT2D eigenvalue weighted by atomic mass is 15.1. The molecular formula is C13H17N5. The average Bonchev–Trinajstić information content (AvgIpc) is 2.28. The second-order valence-corrected chi connectivity index (χ2v) is 4.42. The van der Waals surface area contributed by atoms with Gasteiger partial charge >= 0.3 is 0 Å². The molecule has 0 bridgehead atoms. The molecule has 0 aromatic carbocycles. The number of nitrogens with zero attached hydrogens (tertiary/aromatic N) is 4. The van der Waals surface area contributed by atoms with Crippen LogP contribution in [0, 0.1) is 13.8 Å². The molecule has 0 unspecified atom stereocenters. The van der Waals surface area contributed by atoms with Gasteiger partial charge in [-0.25, -0.2) is 9.97 Å². The van der Waals surface area contributed by atoms with Crippen molar-refractivity contribution in [2.75, 3.05) is 5.32 Å². The molecule has 2 aromatic heterocycles. The smallest absolute Gasteiger partial charge is 0.223 e. The summed E-state index contributed by atoms with van der Waals surface area (Å²) in [5.74, 6) is 0.670. The Morgan fingerprint density at radius 2 is 1.89 bits per heavy atom. The third kappa shape index (κ3) is 3.48. The molecule has 2 rings (SSSR count). The molecule has 1 N–H and O–H groups in total. The van der Waals surface area contributed by atoms with Gasteiger partial charge in [0, 0.05) is 42.4 Å². The van der Waals surface area contributed by atoms with E-state index in [0.29, 0.717) is 5.95 Å². The van der Waals surface area contributed by atoms with Gasteiger partial charge in [0.15, 0.2) is 0 Å². The molecule has 0 aliphatic heterocycles. The summed E-state index contributed by atoms with van der Waals surface area (Å²) in [7, 11) is 0. The molecule has 0 amide bonds. The van der Waals surface area contributed by atoms with Crippen LogP contribution in [0.4, 0.5) is 5.95 Å². The van der Waals surface area contributed by atoms with E-state index in [1.54, 1.807) is 18.6 Å². The molecule has 94 valence electrons. The number of rotatable bonds is 4. The summed E-state index contributed by atoms with van der Waals surface area (Å²) in [6.07, 6.45) is 5.95. The zero-order valence-corrected chi connectivity index (χ0v) is 10.9. The minimum absolute atomic E-state index is 0.211. The highest BCUT2D eigenvalue weighted by Gasteiger charge is 2.07. The van der Waals surface area contributed by atoms with Crippen LogP contribution in [0.5, 0.6) is 0 Å². The fourth-order valence-corrected chi connectivity index (χ4v) is 1.81. The van der Waals surface area contributed by atoms with Crippen LogP contribution in [-0.2, 0) is 6.42 Å². The van der Waals surface area contributed by atoms with E-state index in [9.17, 15) is 0 Å². The fraction of sp³-hybridized carbons (Fsp3) is 0.385. The molecule has 0 saturated carbocycles. The maximum Gasteiger partial charge on any atom is 0.223 e. The van der Waals surface area contributed by atoms with E-state index < -0.39 is 0 Å². The van der Waals surface area contributed by atoms with Crippen LogP contribution in [0.25, 0.3) is 0 Å². The Labute approximate surface area is 107 Å². The second kappa shape index (κ2) is 5.53. The van der Waals surface area contributed by atoms with Gasteiger partial charge in [-0.1, -0.05) is 0 Å². The van der Waals surface area contributed by atoms with Crippen molar-refractivity contribution in [3.8, 4) is 0 Å². The lowest BCUT2D eigenvalue weighted by Gasteiger charge is -2.13. The molecule has 1 atom stereocenters. The molecule has 5 nitrogen and oxygen atoms in total. The lowest BCUT2D eigenvalue weighted by atomic mass is 10.2. The van der Waals surface area contributed by atoms with Crippen molar-refractivity contribution < 1.29 is 0 Å². The highest BCUT2D eigenvalue weighted by molar-refractivity contribution is 5.29. The summed E-state index contributed by atoms with van der Waals surface area (Å²) in [6.45, 7) is 6.01. The van der Waals surface area contributed by atoms with Crippen LogP contribution < -0.4 is 5.32 Å². The largest absolute Gasteiger partial charge is 0.351 e. The van der Waals surface area contributed by atoms with Crippen LogP contribution in [-0.4, -0.2) is 26.0 Å². The van der Waals surface area contributed by atoms with Crippen molar-refractivity contribution in [3.63, 3.8) is 0 Å². The van der Waals surface area contributed by atoms with Gasteiger partial charge in [0.25, 0.3) is 0 Å². The number of aromatic nitrogens is 4. The van der Waals surface area contributed by atoms with Crippen molar-refractivity contribution in [1.29, 1.82) is 0 Å². The summed E-state index contributed by atoms with van der Waals surface area (Å²) >= 11 is 0. The van der Waals surface area contributed by atoms with E-state index in [4.69, 9.17) is 0 Å². The summed E-state index contributed by atoms with van der Waals surface area (Å²) in [6, 6.07) is 2.17. The van der Waals surface area contributed by atoms with Gasteiger partial charge in [0.2, 0.25) is 5.95 Å². The van der Waals surface area contributed by atoms with Crippen LogP contribution >= 0.6 is 0 Å². The molecule has 2 heterocycles. The number of anilines is 1. The Morgan fingerprint density at radius 3 is 2.50 bits per heavy atom. The molecule has 0 aliphatic carbocycles. The maximum atomic E-state index is 4.36. The zero-order chi connectivity index (χ0) is 13.0. The van der Waals surface area contributed by atoms with Gasteiger partial charge in [0.05, 0.1) is 5.69 Å². The first-order valence-electron chi connectivity index (χ1n) is 5.97. The van der Waals surface area contributed by atoms with E-state index >= 15 is 0 Å². The van der Waals surface area contributed by atoms with Gasteiger partial charge in [-0.2, -0.15) is 0 Å². The average molecular weight is 243 g/mol. The maximum absolute atomic E-state index is 4.36. The van der Waals surface area contributed by atoms with Gasteiger partial charge in [-0.3, -0.25) is 9.97 Å². The first kappa shape index (κ1) is 12.4. The predicted octanol–water partition coefficient (Wildman–Crippen LogP) is 1.93. The van der Waals surface area contributed by atoms with E-state index in [2.05, 4.69) is 32.2 Å². The Balaban J connectivity index is 2.01. The normalized spacial score (nSPS) is 12.2. The summed E-state index contributed by atoms with van der Waals surface area (Å²) in [5.41, 5.74) is 2.90. The molecule has 0 saturated heterocycles. The lowest BCUT2D eigenvalue weighted by molar-refractivity contribution is 0.752. The molecule has 0 fully saturated rings. The summed E-state index contributed by atoms with van der Waals surface area (Å²) in [5, 5.41) is 3.28. The van der Waals surface area contributed by atoms with Crippen LogP contribution in [0.2, 0.25) is 0 Å². The standard InChI is InChI=1S/C13H17N5/c1-9-6-10(2)17-13(16-9)18-11(3)7-12-8-14-4-5-15-12/h4-6,8,11H,7H2,1-3H3,(H,16,17,18)/t11-/m1/s1. The number of hydrogen-bond donors (Lipinski definition) is 1. The quantitative estimate of drug-likeness (QED) is 0.889. The predicted molar refractivity (Wildman–Crippen MR) is 70.3 cm³/mol.